The monoisotopic (exact) mass is 309 g/mol. The highest BCUT2D eigenvalue weighted by molar-refractivity contribution is 7.53. The van der Waals surface area contributed by atoms with Crippen LogP contribution < -0.4 is 0 Å². The van der Waals surface area contributed by atoms with E-state index in [1.807, 2.05) is 0 Å². The second-order valence-corrected chi connectivity index (χ2v) is 6.01. The Morgan fingerprint density at radius 3 is 2.65 bits per heavy atom. The molecule has 0 aliphatic rings. The van der Waals surface area contributed by atoms with Crippen LogP contribution in [0.25, 0.3) is 0 Å². The van der Waals surface area contributed by atoms with Gasteiger partial charge in [0.15, 0.2) is 0 Å². The van der Waals surface area contributed by atoms with Gasteiger partial charge in [-0.25, -0.2) is 0 Å². The summed E-state index contributed by atoms with van der Waals surface area (Å²) in [5.41, 5.74) is -5.74. The number of benzene rings is 1. The van der Waals surface area contributed by atoms with Gasteiger partial charge in [-0.2, -0.15) is 8.78 Å². The summed E-state index contributed by atoms with van der Waals surface area (Å²) in [4.78, 5) is 19.1. The molecule has 2 unspecified atom stereocenters. The summed E-state index contributed by atoms with van der Waals surface area (Å²) in [5, 5.41) is 10.6. The van der Waals surface area contributed by atoms with E-state index in [0.717, 1.165) is 18.2 Å². The zero-order chi connectivity index (χ0) is 15.6. The Labute approximate surface area is 114 Å². The largest absolute Gasteiger partial charge is 0.402 e. The summed E-state index contributed by atoms with van der Waals surface area (Å²) in [5.74, 6) is 0. The van der Waals surface area contributed by atoms with Gasteiger partial charge in [0.1, 0.15) is 0 Å². The van der Waals surface area contributed by atoms with Crippen LogP contribution in [0, 0.1) is 10.1 Å². The molecule has 0 spiro atoms. The van der Waals surface area contributed by atoms with Crippen LogP contribution in [0.2, 0.25) is 0 Å². The quantitative estimate of drug-likeness (QED) is 0.492. The molecule has 112 valence electrons. The minimum absolute atomic E-state index is 0.273. The molecule has 0 amide bonds. The predicted molar refractivity (Wildman–Crippen MR) is 67.7 cm³/mol. The Bertz CT molecular complexity index is 551. The Kier molecular flexibility index (Phi) is 4.96. The number of nitro groups is 1. The smallest absolute Gasteiger partial charge is 0.320 e. The second kappa shape index (κ2) is 5.95. The van der Waals surface area contributed by atoms with Crippen LogP contribution in [0.5, 0.6) is 0 Å². The molecule has 0 aliphatic carbocycles. The number of nitrogens with zero attached hydrogens (tertiary/aromatic N) is 1. The number of nitro benzene ring substituents is 1. The highest BCUT2D eigenvalue weighted by atomic mass is 31.2. The molecular weight excluding hydrogens is 295 g/mol. The summed E-state index contributed by atoms with van der Waals surface area (Å²) < 4.78 is 44.2. The first-order chi connectivity index (χ1) is 9.11. The summed E-state index contributed by atoms with van der Waals surface area (Å²) in [6.45, 7) is 2.99. The van der Waals surface area contributed by atoms with Crippen LogP contribution in [-0.2, 0) is 14.8 Å². The van der Waals surface area contributed by atoms with Crippen LogP contribution in [-0.4, -0.2) is 15.9 Å². The zero-order valence-corrected chi connectivity index (χ0v) is 11.7. The van der Waals surface area contributed by atoms with E-state index in [-0.39, 0.29) is 6.42 Å². The van der Waals surface area contributed by atoms with Crippen molar-refractivity contribution in [2.24, 2.45) is 0 Å². The van der Waals surface area contributed by atoms with Gasteiger partial charge in [0.25, 0.3) is 5.69 Å². The fourth-order valence-electron chi connectivity index (χ4n) is 1.35. The van der Waals surface area contributed by atoms with Crippen LogP contribution in [0.1, 0.15) is 25.8 Å². The summed E-state index contributed by atoms with van der Waals surface area (Å²) in [6.07, 6.45) is -0.564. The molecule has 9 heteroatoms. The van der Waals surface area contributed by atoms with E-state index in [1.54, 1.807) is 6.92 Å². The van der Waals surface area contributed by atoms with Gasteiger partial charge >= 0.3 is 13.3 Å². The summed E-state index contributed by atoms with van der Waals surface area (Å²) in [6, 6.07) is 3.43. The fraction of sp³-hybridized carbons (Fsp3) is 0.455. The minimum Gasteiger partial charge on any atom is -0.320 e. The Hall–Kier alpha value is -1.37. The Morgan fingerprint density at radius 2 is 2.15 bits per heavy atom. The van der Waals surface area contributed by atoms with Crippen molar-refractivity contribution in [1.29, 1.82) is 0 Å². The molecule has 1 aromatic carbocycles. The average Bonchev–Trinajstić information content (AvgIpc) is 2.37. The van der Waals surface area contributed by atoms with E-state index in [4.69, 9.17) is 0 Å². The molecule has 0 aromatic heterocycles. The van der Waals surface area contributed by atoms with Crippen LogP contribution in [0.4, 0.5) is 14.5 Å². The molecule has 0 aliphatic heterocycles. The van der Waals surface area contributed by atoms with Crippen molar-refractivity contribution < 1.29 is 27.7 Å². The maximum absolute atomic E-state index is 14.0. The van der Waals surface area contributed by atoms with Gasteiger partial charge < -0.3 is 9.42 Å². The molecule has 2 atom stereocenters. The lowest BCUT2D eigenvalue weighted by Crippen LogP contribution is -2.19. The molecule has 0 heterocycles. The van der Waals surface area contributed by atoms with E-state index in [1.165, 1.54) is 6.92 Å². The van der Waals surface area contributed by atoms with E-state index in [9.17, 15) is 28.4 Å². The van der Waals surface area contributed by atoms with Crippen LogP contribution in [0.3, 0.4) is 0 Å². The molecule has 1 aromatic rings. The third-order valence-electron chi connectivity index (χ3n) is 2.66. The number of rotatable bonds is 6. The average molecular weight is 309 g/mol. The Morgan fingerprint density at radius 1 is 1.55 bits per heavy atom. The standard InChI is InChI=1S/C11H14F2NO5P/c1-3-8(2)19-20(17,18)11(12,13)9-5-4-6-10(7-9)14(15)16/h4-8H,3H2,1-2H3,(H,17,18). The van der Waals surface area contributed by atoms with Gasteiger partial charge in [0.05, 0.1) is 11.0 Å². The van der Waals surface area contributed by atoms with Crippen molar-refractivity contribution in [2.75, 3.05) is 0 Å². The van der Waals surface area contributed by atoms with Crippen molar-refractivity contribution in [2.45, 2.75) is 32.0 Å². The summed E-state index contributed by atoms with van der Waals surface area (Å²) >= 11 is 0. The molecule has 1 rings (SSSR count). The molecule has 0 saturated heterocycles. The minimum atomic E-state index is -5.30. The number of hydrogen-bond donors (Lipinski definition) is 1. The molecule has 0 fully saturated rings. The molecule has 0 radical (unpaired) electrons. The first kappa shape index (κ1) is 16.7. The third-order valence-corrected chi connectivity index (χ3v) is 4.27. The SMILES string of the molecule is CCC(C)OP(=O)(O)C(F)(F)c1cccc([N+](=O)[O-])c1. The van der Waals surface area contributed by atoms with Crippen LogP contribution in [0.15, 0.2) is 24.3 Å². The molecule has 0 saturated carbocycles. The molecular formula is C11H14F2NO5P. The number of non-ortho nitro benzene ring substituents is 1. The van der Waals surface area contributed by atoms with Gasteiger partial charge in [-0.3, -0.25) is 14.7 Å². The van der Waals surface area contributed by atoms with Gasteiger partial charge in [-0.05, 0) is 13.3 Å². The van der Waals surface area contributed by atoms with E-state index < -0.39 is 35.5 Å². The van der Waals surface area contributed by atoms with Crippen molar-refractivity contribution in [1.82, 2.24) is 0 Å². The topological polar surface area (TPSA) is 89.7 Å². The van der Waals surface area contributed by atoms with Gasteiger partial charge in [-0.1, -0.05) is 19.1 Å². The molecule has 1 N–H and O–H groups in total. The van der Waals surface area contributed by atoms with E-state index >= 15 is 0 Å². The lowest BCUT2D eigenvalue weighted by Gasteiger charge is -2.24. The molecule has 20 heavy (non-hydrogen) atoms. The van der Waals surface area contributed by atoms with Crippen LogP contribution >= 0.6 is 7.60 Å². The molecule has 6 nitrogen and oxygen atoms in total. The maximum Gasteiger partial charge on any atom is 0.402 e. The summed E-state index contributed by atoms with van der Waals surface area (Å²) in [7, 11) is -5.30. The fourth-order valence-corrected chi connectivity index (χ4v) is 2.59. The van der Waals surface area contributed by atoms with Crippen molar-refractivity contribution in [3.05, 3.63) is 39.9 Å². The number of alkyl halides is 2. The lowest BCUT2D eigenvalue weighted by molar-refractivity contribution is -0.385. The normalized spacial score (nSPS) is 16.4. The lowest BCUT2D eigenvalue weighted by atomic mass is 10.2. The Balaban J connectivity index is 3.18. The number of hydrogen-bond acceptors (Lipinski definition) is 4. The second-order valence-electron chi connectivity index (χ2n) is 4.19. The van der Waals surface area contributed by atoms with Gasteiger partial charge in [-0.15, -0.1) is 0 Å². The number of halogens is 2. The zero-order valence-electron chi connectivity index (χ0n) is 10.8. The van der Waals surface area contributed by atoms with E-state index in [2.05, 4.69) is 4.52 Å². The van der Waals surface area contributed by atoms with Crippen molar-refractivity contribution >= 4 is 13.3 Å². The third kappa shape index (κ3) is 3.39. The van der Waals surface area contributed by atoms with Crippen molar-refractivity contribution in [3.63, 3.8) is 0 Å². The maximum atomic E-state index is 14.0. The highest BCUT2D eigenvalue weighted by Gasteiger charge is 2.53. The first-order valence-corrected chi connectivity index (χ1v) is 7.33. The first-order valence-electron chi connectivity index (χ1n) is 5.76. The van der Waals surface area contributed by atoms with Gasteiger partial charge in [0, 0.05) is 17.7 Å². The van der Waals surface area contributed by atoms with Crippen molar-refractivity contribution in [3.8, 4) is 0 Å². The van der Waals surface area contributed by atoms with Gasteiger partial charge in [0.2, 0.25) is 0 Å². The van der Waals surface area contributed by atoms with E-state index in [0.29, 0.717) is 6.07 Å². The predicted octanol–water partition coefficient (Wildman–Crippen LogP) is 3.64. The molecule has 0 bridgehead atoms. The highest BCUT2D eigenvalue weighted by Crippen LogP contribution is 2.64.